The number of nitrogens with one attached hydrogen (secondary N) is 3. The summed E-state index contributed by atoms with van der Waals surface area (Å²) in [5, 5.41) is 13.0. The quantitative estimate of drug-likeness (QED) is 0.328. The van der Waals surface area contributed by atoms with Gasteiger partial charge in [-0.1, -0.05) is 41.4 Å². The van der Waals surface area contributed by atoms with E-state index in [0.29, 0.717) is 21.3 Å². The zero-order valence-corrected chi connectivity index (χ0v) is 16.3. The van der Waals surface area contributed by atoms with E-state index in [1.165, 1.54) is 0 Å². The predicted octanol–water partition coefficient (Wildman–Crippen LogP) is 4.94. The van der Waals surface area contributed by atoms with E-state index in [1.54, 1.807) is 30.5 Å². The Morgan fingerprint density at radius 3 is 2.86 bits per heavy atom. The lowest BCUT2D eigenvalue weighted by Crippen LogP contribution is -2.18. The van der Waals surface area contributed by atoms with Gasteiger partial charge in [0.25, 0.3) is 5.91 Å². The minimum Gasteiger partial charge on any atom is -0.358 e. The van der Waals surface area contributed by atoms with E-state index in [1.807, 2.05) is 31.2 Å². The maximum absolute atomic E-state index is 12.4. The van der Waals surface area contributed by atoms with E-state index >= 15 is 0 Å². The molecule has 0 saturated heterocycles. The number of carbonyl (C=O) groups excluding carboxylic acids is 1. The number of aromatic amines is 2. The topological polar surface area (TPSA) is 85.9 Å². The Labute approximate surface area is 170 Å². The van der Waals surface area contributed by atoms with Gasteiger partial charge in [0, 0.05) is 32.7 Å². The molecule has 28 heavy (non-hydrogen) atoms. The van der Waals surface area contributed by atoms with Crippen LogP contribution in [0.1, 0.15) is 21.7 Å². The van der Waals surface area contributed by atoms with Crippen molar-refractivity contribution in [2.24, 2.45) is 5.10 Å². The summed E-state index contributed by atoms with van der Waals surface area (Å²) in [6, 6.07) is 14.6. The van der Waals surface area contributed by atoms with Crippen molar-refractivity contribution in [1.82, 2.24) is 20.6 Å². The van der Waals surface area contributed by atoms with E-state index in [4.69, 9.17) is 23.2 Å². The van der Waals surface area contributed by atoms with Crippen molar-refractivity contribution in [3.05, 3.63) is 75.5 Å². The summed E-state index contributed by atoms with van der Waals surface area (Å²) in [5.41, 5.74) is 6.84. The summed E-state index contributed by atoms with van der Waals surface area (Å²) in [6.07, 6.45) is 1.62. The fourth-order valence-electron chi connectivity index (χ4n) is 2.95. The van der Waals surface area contributed by atoms with Crippen LogP contribution in [-0.4, -0.2) is 27.3 Å². The SMILES string of the molecule is Cc1[nH]c2ccccc2c1/C=N/NC(=O)c1cc(-c2cc(Cl)ccc2Cl)n[nH]1. The first-order valence-corrected chi connectivity index (χ1v) is 9.20. The number of nitrogens with zero attached hydrogens (tertiary/aromatic N) is 2. The molecular weight excluding hydrogens is 397 g/mol. The van der Waals surface area contributed by atoms with Crippen LogP contribution >= 0.6 is 23.2 Å². The maximum atomic E-state index is 12.4. The van der Waals surface area contributed by atoms with Gasteiger partial charge in [-0.25, -0.2) is 5.43 Å². The van der Waals surface area contributed by atoms with Crippen LogP contribution in [0.3, 0.4) is 0 Å². The molecule has 0 bridgehead atoms. The van der Waals surface area contributed by atoms with E-state index < -0.39 is 5.91 Å². The molecule has 0 spiro atoms. The molecule has 0 fully saturated rings. The number of para-hydroxylation sites is 1. The monoisotopic (exact) mass is 411 g/mol. The van der Waals surface area contributed by atoms with Gasteiger partial charge in [-0.2, -0.15) is 10.2 Å². The molecule has 2 aromatic heterocycles. The highest BCUT2D eigenvalue weighted by molar-refractivity contribution is 6.35. The standard InChI is InChI=1S/C20H15Cl2N5O/c1-11-15(13-4-2-3-5-17(13)24-11)10-23-27-20(28)19-9-18(25-26-19)14-8-12(21)6-7-16(14)22/h2-10,24H,1H3,(H,25,26)(H,27,28)/b23-10+. The zero-order chi connectivity index (χ0) is 19.7. The van der Waals surface area contributed by atoms with Gasteiger partial charge in [-0.15, -0.1) is 0 Å². The Hall–Kier alpha value is -3.09. The van der Waals surface area contributed by atoms with Crippen molar-refractivity contribution >= 4 is 46.2 Å². The molecule has 1 amide bonds. The average molecular weight is 412 g/mol. The van der Waals surface area contributed by atoms with Crippen molar-refractivity contribution < 1.29 is 4.79 Å². The van der Waals surface area contributed by atoms with Gasteiger partial charge in [0.1, 0.15) is 5.69 Å². The van der Waals surface area contributed by atoms with Crippen LogP contribution < -0.4 is 5.43 Å². The van der Waals surface area contributed by atoms with Crippen molar-refractivity contribution in [1.29, 1.82) is 0 Å². The summed E-state index contributed by atoms with van der Waals surface area (Å²) in [5.74, 6) is -0.411. The number of benzene rings is 2. The first-order valence-electron chi connectivity index (χ1n) is 8.44. The third kappa shape index (κ3) is 3.52. The minimum atomic E-state index is -0.411. The first-order chi connectivity index (χ1) is 13.5. The first kappa shape index (κ1) is 18.3. The van der Waals surface area contributed by atoms with Crippen molar-refractivity contribution in [3.8, 4) is 11.3 Å². The molecule has 8 heteroatoms. The minimum absolute atomic E-state index is 0.263. The average Bonchev–Trinajstić information content (AvgIpc) is 3.29. The Bertz CT molecular complexity index is 1210. The van der Waals surface area contributed by atoms with Gasteiger partial charge in [-0.3, -0.25) is 9.89 Å². The largest absolute Gasteiger partial charge is 0.358 e. The van der Waals surface area contributed by atoms with Gasteiger partial charge < -0.3 is 4.98 Å². The molecule has 0 unspecified atom stereocenters. The number of aromatic nitrogens is 3. The number of hydrazone groups is 1. The van der Waals surface area contributed by atoms with E-state index in [-0.39, 0.29) is 5.69 Å². The Morgan fingerprint density at radius 2 is 2.00 bits per heavy atom. The third-order valence-electron chi connectivity index (χ3n) is 4.33. The van der Waals surface area contributed by atoms with Gasteiger partial charge >= 0.3 is 0 Å². The van der Waals surface area contributed by atoms with E-state index in [2.05, 4.69) is 25.7 Å². The third-order valence-corrected chi connectivity index (χ3v) is 4.89. The lowest BCUT2D eigenvalue weighted by atomic mass is 10.1. The van der Waals surface area contributed by atoms with Crippen LogP contribution in [0.25, 0.3) is 22.2 Å². The number of halogens is 2. The smallest absolute Gasteiger partial charge is 0.289 e. The van der Waals surface area contributed by atoms with Crippen LogP contribution in [0.4, 0.5) is 0 Å². The second-order valence-electron chi connectivity index (χ2n) is 6.20. The molecule has 0 atom stereocenters. The molecule has 0 aliphatic rings. The maximum Gasteiger partial charge on any atom is 0.289 e. The van der Waals surface area contributed by atoms with Crippen molar-refractivity contribution in [2.45, 2.75) is 6.92 Å². The fraction of sp³-hybridized carbons (Fsp3) is 0.0500. The number of hydrogen-bond donors (Lipinski definition) is 3. The summed E-state index contributed by atoms with van der Waals surface area (Å²) in [4.78, 5) is 15.6. The molecule has 0 aliphatic heterocycles. The van der Waals surface area contributed by atoms with Gasteiger partial charge in [0.15, 0.2) is 0 Å². The van der Waals surface area contributed by atoms with Crippen molar-refractivity contribution in [3.63, 3.8) is 0 Å². The molecule has 4 aromatic rings. The molecular formula is C20H15Cl2N5O. The highest BCUT2D eigenvalue weighted by Gasteiger charge is 2.13. The number of rotatable bonds is 4. The summed E-state index contributed by atoms with van der Waals surface area (Å²) in [7, 11) is 0. The summed E-state index contributed by atoms with van der Waals surface area (Å²) in [6.45, 7) is 1.96. The van der Waals surface area contributed by atoms with Crippen molar-refractivity contribution in [2.75, 3.05) is 0 Å². The molecule has 140 valence electrons. The Balaban J connectivity index is 1.51. The lowest BCUT2D eigenvalue weighted by molar-refractivity contribution is 0.0950. The van der Waals surface area contributed by atoms with Gasteiger partial charge in [-0.05, 0) is 37.3 Å². The fourth-order valence-corrected chi connectivity index (χ4v) is 3.34. The second-order valence-corrected chi connectivity index (χ2v) is 7.04. The number of amides is 1. The predicted molar refractivity (Wildman–Crippen MR) is 112 cm³/mol. The van der Waals surface area contributed by atoms with E-state index in [9.17, 15) is 4.79 Å². The normalized spacial score (nSPS) is 11.4. The molecule has 2 heterocycles. The van der Waals surface area contributed by atoms with Gasteiger partial charge in [0.2, 0.25) is 0 Å². The number of H-pyrrole nitrogens is 2. The zero-order valence-electron chi connectivity index (χ0n) is 14.8. The van der Waals surface area contributed by atoms with Crippen LogP contribution in [-0.2, 0) is 0 Å². The summed E-state index contributed by atoms with van der Waals surface area (Å²) < 4.78 is 0. The molecule has 3 N–H and O–H groups in total. The molecule has 2 aromatic carbocycles. The van der Waals surface area contributed by atoms with Crippen LogP contribution in [0.5, 0.6) is 0 Å². The number of aryl methyl sites for hydroxylation is 1. The molecule has 0 saturated carbocycles. The van der Waals surface area contributed by atoms with Crippen LogP contribution in [0.15, 0.2) is 53.6 Å². The molecule has 0 aliphatic carbocycles. The highest BCUT2D eigenvalue weighted by atomic mass is 35.5. The molecule has 0 radical (unpaired) electrons. The molecule has 6 nitrogen and oxygen atoms in total. The number of carbonyl (C=O) groups is 1. The Morgan fingerprint density at radius 1 is 1.18 bits per heavy atom. The second kappa shape index (κ2) is 7.50. The summed E-state index contributed by atoms with van der Waals surface area (Å²) >= 11 is 12.2. The van der Waals surface area contributed by atoms with Gasteiger partial charge in [0.05, 0.1) is 16.9 Å². The number of fused-ring (bicyclic) bond motifs is 1. The van der Waals surface area contributed by atoms with Crippen LogP contribution in [0, 0.1) is 6.92 Å². The van der Waals surface area contributed by atoms with E-state index in [0.717, 1.165) is 22.2 Å². The lowest BCUT2D eigenvalue weighted by Gasteiger charge is -2.00. The Kier molecular flexibility index (Phi) is 4.90. The van der Waals surface area contributed by atoms with Crippen LogP contribution in [0.2, 0.25) is 10.0 Å². The highest BCUT2D eigenvalue weighted by Crippen LogP contribution is 2.29. The molecule has 4 rings (SSSR count). The number of hydrogen-bond acceptors (Lipinski definition) is 3.